The van der Waals surface area contributed by atoms with Gasteiger partial charge in [0.1, 0.15) is 0 Å². The van der Waals surface area contributed by atoms with Gasteiger partial charge in [0.15, 0.2) is 11.0 Å². The van der Waals surface area contributed by atoms with Crippen LogP contribution in [0, 0.1) is 0 Å². The predicted molar refractivity (Wildman–Crippen MR) is 127 cm³/mol. The van der Waals surface area contributed by atoms with E-state index < -0.39 is 5.91 Å². The van der Waals surface area contributed by atoms with E-state index in [-0.39, 0.29) is 11.7 Å². The molecule has 4 rings (SSSR count). The molecule has 7 nitrogen and oxygen atoms in total. The molecule has 0 saturated carbocycles. The van der Waals surface area contributed by atoms with Gasteiger partial charge in [-0.25, -0.2) is 0 Å². The Bertz CT molecular complexity index is 1200. The Morgan fingerprint density at radius 2 is 1.75 bits per heavy atom. The summed E-state index contributed by atoms with van der Waals surface area (Å²) in [5, 5.41) is 11.8. The molecule has 0 aliphatic rings. The van der Waals surface area contributed by atoms with Gasteiger partial charge in [-0.2, -0.15) is 0 Å². The molecule has 0 unspecified atom stereocenters. The smallest absolute Gasteiger partial charge is 0.269 e. The van der Waals surface area contributed by atoms with E-state index in [1.165, 1.54) is 11.8 Å². The Balaban J connectivity index is 1.40. The molecule has 162 valence electrons. The number of thiophene rings is 1. The highest BCUT2D eigenvalue weighted by Gasteiger charge is 2.17. The SMILES string of the molecule is O=C(CSc1nnc(-c2cccs2)n1Cc1ccccc1)NNC(=O)c1ccc(Cl)cc1. The molecule has 2 N–H and O–H groups in total. The van der Waals surface area contributed by atoms with Crippen LogP contribution in [0.2, 0.25) is 5.02 Å². The number of aromatic nitrogens is 3. The number of halogens is 1. The van der Waals surface area contributed by atoms with Gasteiger partial charge in [0.05, 0.1) is 17.2 Å². The summed E-state index contributed by atoms with van der Waals surface area (Å²) in [7, 11) is 0. The number of thioether (sulfide) groups is 1. The van der Waals surface area contributed by atoms with Crippen LogP contribution in [0.25, 0.3) is 10.7 Å². The largest absolute Gasteiger partial charge is 0.297 e. The minimum atomic E-state index is -0.424. The van der Waals surface area contributed by atoms with Crippen LogP contribution in [0.15, 0.2) is 77.3 Å². The molecule has 2 aromatic carbocycles. The van der Waals surface area contributed by atoms with Crippen LogP contribution >= 0.6 is 34.7 Å². The topological polar surface area (TPSA) is 88.9 Å². The summed E-state index contributed by atoms with van der Waals surface area (Å²) in [6.45, 7) is 0.582. The lowest BCUT2D eigenvalue weighted by atomic mass is 10.2. The van der Waals surface area contributed by atoms with Gasteiger partial charge in [0, 0.05) is 10.6 Å². The average Bonchev–Trinajstić information content (AvgIpc) is 3.47. The number of carbonyl (C=O) groups is 2. The monoisotopic (exact) mass is 483 g/mol. The maximum atomic E-state index is 12.3. The zero-order valence-electron chi connectivity index (χ0n) is 16.7. The number of hydrogen-bond acceptors (Lipinski definition) is 6. The second-order valence-corrected chi connectivity index (χ2v) is 8.98. The average molecular weight is 484 g/mol. The van der Waals surface area contributed by atoms with Gasteiger partial charge >= 0.3 is 0 Å². The summed E-state index contributed by atoms with van der Waals surface area (Å²) in [6, 6.07) is 20.3. The molecule has 0 aliphatic carbocycles. The van der Waals surface area contributed by atoms with Crippen molar-refractivity contribution >= 4 is 46.5 Å². The number of benzene rings is 2. The lowest BCUT2D eigenvalue weighted by molar-refractivity contribution is -0.119. The van der Waals surface area contributed by atoms with E-state index in [0.717, 1.165) is 16.3 Å². The van der Waals surface area contributed by atoms with Crippen LogP contribution in [-0.2, 0) is 11.3 Å². The Morgan fingerprint density at radius 3 is 2.47 bits per heavy atom. The van der Waals surface area contributed by atoms with Crippen molar-refractivity contribution in [3.05, 3.63) is 88.3 Å². The fourth-order valence-electron chi connectivity index (χ4n) is 2.86. The number of hydrazine groups is 1. The summed E-state index contributed by atoms with van der Waals surface area (Å²) in [5.74, 6) is 0.0393. The van der Waals surface area contributed by atoms with Crippen molar-refractivity contribution in [2.75, 3.05) is 5.75 Å². The minimum absolute atomic E-state index is 0.0677. The molecule has 10 heteroatoms. The standard InChI is InChI=1S/C22H18ClN5O2S2/c23-17-10-8-16(9-11-17)21(30)26-24-19(29)14-32-22-27-25-20(18-7-4-12-31-18)28(22)13-15-5-2-1-3-6-15/h1-12H,13-14H2,(H,24,29)(H,26,30). The predicted octanol–water partition coefficient (Wildman–Crippen LogP) is 4.26. The summed E-state index contributed by atoms with van der Waals surface area (Å²) in [5.41, 5.74) is 6.32. The van der Waals surface area contributed by atoms with Crippen molar-refractivity contribution in [2.45, 2.75) is 11.7 Å². The van der Waals surface area contributed by atoms with Crippen LogP contribution < -0.4 is 10.9 Å². The number of nitrogens with one attached hydrogen (secondary N) is 2. The van der Waals surface area contributed by atoms with Crippen LogP contribution in [0.3, 0.4) is 0 Å². The highest BCUT2D eigenvalue weighted by atomic mass is 35.5. The Labute approximate surface area is 197 Å². The Morgan fingerprint density at radius 1 is 0.969 bits per heavy atom. The van der Waals surface area contributed by atoms with Gasteiger partial charge in [0.2, 0.25) is 5.91 Å². The summed E-state index contributed by atoms with van der Waals surface area (Å²) in [4.78, 5) is 25.4. The van der Waals surface area contributed by atoms with Crippen molar-refractivity contribution in [3.8, 4) is 10.7 Å². The van der Waals surface area contributed by atoms with E-state index >= 15 is 0 Å². The number of hydrogen-bond donors (Lipinski definition) is 2. The van der Waals surface area contributed by atoms with Crippen LogP contribution in [-0.4, -0.2) is 32.3 Å². The molecular weight excluding hydrogens is 466 g/mol. The molecule has 2 aromatic heterocycles. The third-order valence-electron chi connectivity index (χ3n) is 4.40. The minimum Gasteiger partial charge on any atom is -0.297 e. The van der Waals surface area contributed by atoms with E-state index in [1.54, 1.807) is 35.6 Å². The number of rotatable bonds is 7. The molecule has 0 spiro atoms. The molecule has 4 aromatic rings. The molecule has 2 amide bonds. The first kappa shape index (κ1) is 22.1. The van der Waals surface area contributed by atoms with E-state index in [2.05, 4.69) is 21.0 Å². The second-order valence-electron chi connectivity index (χ2n) is 6.65. The number of nitrogens with zero attached hydrogens (tertiary/aromatic N) is 3. The van der Waals surface area contributed by atoms with Gasteiger partial charge in [-0.3, -0.25) is 25.0 Å². The van der Waals surface area contributed by atoms with Crippen LogP contribution in [0.1, 0.15) is 15.9 Å². The van der Waals surface area contributed by atoms with Gasteiger partial charge in [-0.05, 0) is 41.3 Å². The van der Waals surface area contributed by atoms with Crippen molar-refractivity contribution in [3.63, 3.8) is 0 Å². The third kappa shape index (κ3) is 5.56. The second kappa shape index (κ2) is 10.4. The first-order valence-corrected chi connectivity index (χ1v) is 11.8. The Hall–Kier alpha value is -3.14. The Kier molecular flexibility index (Phi) is 7.21. The zero-order chi connectivity index (χ0) is 22.3. The van der Waals surface area contributed by atoms with Crippen molar-refractivity contribution in [1.82, 2.24) is 25.6 Å². The normalized spacial score (nSPS) is 10.7. The molecule has 0 aliphatic heterocycles. The molecule has 2 heterocycles. The molecule has 0 fully saturated rings. The molecular formula is C22H18ClN5O2S2. The summed E-state index contributed by atoms with van der Waals surface area (Å²) < 4.78 is 1.99. The van der Waals surface area contributed by atoms with E-state index in [4.69, 9.17) is 11.6 Å². The number of amides is 2. The van der Waals surface area contributed by atoms with E-state index in [1.807, 2.05) is 52.4 Å². The molecule has 0 atom stereocenters. The van der Waals surface area contributed by atoms with Crippen LogP contribution in [0.5, 0.6) is 0 Å². The molecule has 32 heavy (non-hydrogen) atoms. The van der Waals surface area contributed by atoms with Gasteiger partial charge in [-0.15, -0.1) is 21.5 Å². The molecule has 0 radical (unpaired) electrons. The van der Waals surface area contributed by atoms with Gasteiger partial charge in [-0.1, -0.05) is 59.8 Å². The fraction of sp³-hybridized carbons (Fsp3) is 0.0909. The lowest BCUT2D eigenvalue weighted by Gasteiger charge is -2.10. The van der Waals surface area contributed by atoms with Crippen molar-refractivity contribution < 1.29 is 9.59 Å². The maximum Gasteiger partial charge on any atom is 0.269 e. The number of carbonyl (C=O) groups excluding carboxylic acids is 2. The summed E-state index contributed by atoms with van der Waals surface area (Å²) >= 11 is 8.66. The maximum absolute atomic E-state index is 12.3. The molecule has 0 saturated heterocycles. The van der Waals surface area contributed by atoms with Gasteiger partial charge in [0.25, 0.3) is 5.91 Å². The first-order chi connectivity index (χ1) is 15.6. The van der Waals surface area contributed by atoms with Crippen molar-refractivity contribution in [1.29, 1.82) is 0 Å². The third-order valence-corrected chi connectivity index (χ3v) is 6.48. The highest BCUT2D eigenvalue weighted by Crippen LogP contribution is 2.28. The molecule has 0 bridgehead atoms. The van der Waals surface area contributed by atoms with Gasteiger partial charge < -0.3 is 0 Å². The van der Waals surface area contributed by atoms with E-state index in [0.29, 0.717) is 22.3 Å². The first-order valence-electron chi connectivity index (χ1n) is 9.59. The summed E-state index contributed by atoms with van der Waals surface area (Å²) in [6.07, 6.45) is 0. The fourth-order valence-corrected chi connectivity index (χ4v) is 4.44. The quantitative estimate of drug-likeness (QED) is 0.303. The van der Waals surface area contributed by atoms with E-state index in [9.17, 15) is 9.59 Å². The zero-order valence-corrected chi connectivity index (χ0v) is 19.1. The van der Waals surface area contributed by atoms with Crippen LogP contribution in [0.4, 0.5) is 0 Å². The van der Waals surface area contributed by atoms with Crippen molar-refractivity contribution in [2.24, 2.45) is 0 Å². The highest BCUT2D eigenvalue weighted by molar-refractivity contribution is 7.99. The lowest BCUT2D eigenvalue weighted by Crippen LogP contribution is -2.42.